The summed E-state index contributed by atoms with van der Waals surface area (Å²) >= 11 is 2.51. The number of aromatic nitrogens is 2. The summed E-state index contributed by atoms with van der Waals surface area (Å²) in [5, 5.41) is 5.09. The third-order valence-electron chi connectivity index (χ3n) is 6.33. The van der Waals surface area contributed by atoms with Crippen LogP contribution in [0.4, 0.5) is 0 Å². The average molecular weight is 550 g/mol. The summed E-state index contributed by atoms with van der Waals surface area (Å²) in [6.45, 7) is 7.35. The number of hydrogen-bond donors (Lipinski definition) is 0. The van der Waals surface area contributed by atoms with E-state index >= 15 is 0 Å². The lowest BCUT2D eigenvalue weighted by Gasteiger charge is -2.28. The molecule has 2 fully saturated rings. The molecule has 0 spiro atoms. The van der Waals surface area contributed by atoms with Crippen molar-refractivity contribution in [2.24, 2.45) is 11.8 Å². The Bertz CT molecular complexity index is 907. The van der Waals surface area contributed by atoms with Crippen LogP contribution in [0.15, 0.2) is 30.3 Å². The highest BCUT2D eigenvalue weighted by Crippen LogP contribution is 2.45. The highest BCUT2D eigenvalue weighted by Gasteiger charge is 2.33. The van der Waals surface area contributed by atoms with Crippen molar-refractivity contribution in [3.63, 3.8) is 0 Å². The number of carbonyl (C=O) groups excluding carboxylic acids is 1. The molecule has 2 aliphatic rings. The van der Waals surface area contributed by atoms with E-state index in [2.05, 4.69) is 57.6 Å². The summed E-state index contributed by atoms with van der Waals surface area (Å²) in [6, 6.07) is 10.6. The van der Waals surface area contributed by atoms with Crippen molar-refractivity contribution >= 4 is 28.6 Å². The minimum atomic E-state index is -0.456. The minimum Gasteiger partial charge on any atom is -0.458 e. The second kappa shape index (κ2) is 10.2. The fourth-order valence-electron chi connectivity index (χ4n) is 4.62. The van der Waals surface area contributed by atoms with Gasteiger partial charge in [0.1, 0.15) is 17.9 Å². The van der Waals surface area contributed by atoms with Gasteiger partial charge in [-0.2, -0.15) is 5.10 Å². The number of benzene rings is 1. The maximum Gasteiger partial charge on any atom is 0.332 e. The lowest BCUT2D eigenvalue weighted by atomic mass is 9.82. The van der Waals surface area contributed by atoms with Crippen molar-refractivity contribution in [3.8, 4) is 11.3 Å². The molecule has 2 saturated carbocycles. The van der Waals surface area contributed by atoms with Crippen molar-refractivity contribution in [1.29, 1.82) is 0 Å². The van der Waals surface area contributed by atoms with Crippen LogP contribution in [0.3, 0.4) is 0 Å². The van der Waals surface area contributed by atoms with Crippen LogP contribution < -0.4 is 0 Å². The van der Waals surface area contributed by atoms with Crippen LogP contribution in [0.5, 0.6) is 0 Å². The van der Waals surface area contributed by atoms with Crippen LogP contribution in [0.1, 0.15) is 70.9 Å². The molecule has 0 bridgehead atoms. The molecule has 6 heteroatoms. The molecule has 4 rings (SSSR count). The first kappa shape index (κ1) is 23.7. The largest absolute Gasteiger partial charge is 0.458 e. The number of rotatable bonds is 8. The minimum absolute atomic E-state index is 0.0515. The lowest BCUT2D eigenvalue weighted by Crippen LogP contribution is -2.28. The third kappa shape index (κ3) is 6.34. The molecule has 1 heterocycles. The number of esters is 1. The summed E-state index contributed by atoms with van der Waals surface area (Å²) in [7, 11) is 0. The van der Waals surface area contributed by atoms with Gasteiger partial charge in [-0.05, 0) is 93.7 Å². The second-order valence-electron chi connectivity index (χ2n) is 10.4. The van der Waals surface area contributed by atoms with E-state index in [4.69, 9.17) is 14.6 Å². The maximum atomic E-state index is 11.8. The highest BCUT2D eigenvalue weighted by atomic mass is 127. The van der Waals surface area contributed by atoms with Crippen LogP contribution >= 0.6 is 22.6 Å². The molecule has 0 radical (unpaired) electrons. The van der Waals surface area contributed by atoms with Crippen molar-refractivity contribution in [3.05, 3.63) is 39.6 Å². The first-order valence-electron chi connectivity index (χ1n) is 11.9. The van der Waals surface area contributed by atoms with E-state index in [0.717, 1.165) is 25.1 Å². The van der Waals surface area contributed by atoms with Crippen LogP contribution in [0.2, 0.25) is 0 Å². The number of hydrogen-bond acceptors (Lipinski definition) is 4. The Hall–Kier alpha value is -1.41. The van der Waals surface area contributed by atoms with E-state index in [1.54, 1.807) is 0 Å². The summed E-state index contributed by atoms with van der Waals surface area (Å²) < 4.78 is 14.6. The molecule has 0 amide bonds. The maximum absolute atomic E-state index is 11.8. The van der Waals surface area contributed by atoms with E-state index < -0.39 is 5.60 Å². The lowest BCUT2D eigenvalue weighted by molar-refractivity contribution is -0.160. The standard InChI is InChI=1S/C26H35IN2O3/c1-26(2,3)32-22(30)17-31-16-19-11-9-18(10-12-19)15-29-25(21-13-14-21)23(27)24(28-29)20-7-5-4-6-8-20/h4-8,18-19,21H,9-17H2,1-3H3. The Morgan fingerprint density at radius 1 is 1.06 bits per heavy atom. The molecule has 2 aliphatic carbocycles. The Labute approximate surface area is 205 Å². The van der Waals surface area contributed by atoms with Crippen LogP contribution in [-0.4, -0.2) is 34.6 Å². The predicted molar refractivity (Wildman–Crippen MR) is 134 cm³/mol. The summed E-state index contributed by atoms with van der Waals surface area (Å²) in [6.07, 6.45) is 7.28. The van der Waals surface area contributed by atoms with E-state index in [-0.39, 0.29) is 12.6 Å². The summed E-state index contributed by atoms with van der Waals surface area (Å²) in [5.41, 5.74) is 3.34. The zero-order valence-electron chi connectivity index (χ0n) is 19.5. The van der Waals surface area contributed by atoms with Gasteiger partial charge >= 0.3 is 5.97 Å². The van der Waals surface area contributed by atoms with Crippen molar-refractivity contribution < 1.29 is 14.3 Å². The molecule has 1 aromatic carbocycles. The molecule has 0 unspecified atom stereocenters. The first-order valence-corrected chi connectivity index (χ1v) is 13.0. The fourth-order valence-corrected chi connectivity index (χ4v) is 5.76. The molecule has 5 nitrogen and oxygen atoms in total. The number of ether oxygens (including phenoxy) is 2. The van der Waals surface area contributed by atoms with Crippen molar-refractivity contribution in [1.82, 2.24) is 9.78 Å². The van der Waals surface area contributed by atoms with Crippen molar-refractivity contribution in [2.75, 3.05) is 13.2 Å². The molecular weight excluding hydrogens is 515 g/mol. The number of halogens is 1. The molecule has 0 N–H and O–H groups in total. The fraction of sp³-hybridized carbons (Fsp3) is 0.615. The summed E-state index contributed by atoms with van der Waals surface area (Å²) in [4.78, 5) is 11.8. The molecular formula is C26H35IN2O3. The van der Waals surface area contributed by atoms with Gasteiger partial charge in [0.2, 0.25) is 0 Å². The molecule has 0 saturated heterocycles. The van der Waals surface area contributed by atoms with Gasteiger partial charge in [0.25, 0.3) is 0 Å². The molecule has 0 atom stereocenters. The quantitative estimate of drug-likeness (QED) is 0.290. The van der Waals surface area contributed by atoms with Gasteiger partial charge in [-0.15, -0.1) is 0 Å². The van der Waals surface area contributed by atoms with E-state index in [1.165, 1.54) is 40.5 Å². The van der Waals surface area contributed by atoms with E-state index in [1.807, 2.05) is 20.8 Å². The molecule has 1 aromatic heterocycles. The van der Waals surface area contributed by atoms with Gasteiger partial charge in [-0.25, -0.2) is 4.79 Å². The zero-order chi connectivity index (χ0) is 22.7. The SMILES string of the molecule is CC(C)(C)OC(=O)COCC1CCC(Cn2nc(-c3ccccc3)c(I)c2C2CC2)CC1. The monoisotopic (exact) mass is 550 g/mol. The second-order valence-corrected chi connectivity index (χ2v) is 11.4. The van der Waals surface area contributed by atoms with Crippen LogP contribution in [0, 0.1) is 15.4 Å². The van der Waals surface area contributed by atoms with Crippen LogP contribution in [0.25, 0.3) is 11.3 Å². The number of nitrogens with zero attached hydrogens (tertiary/aromatic N) is 2. The van der Waals surface area contributed by atoms with Gasteiger partial charge < -0.3 is 9.47 Å². The number of carbonyl (C=O) groups is 1. The van der Waals surface area contributed by atoms with Crippen LogP contribution in [-0.2, 0) is 20.8 Å². The van der Waals surface area contributed by atoms with Gasteiger partial charge in [-0.1, -0.05) is 30.3 Å². The Morgan fingerprint density at radius 2 is 1.72 bits per heavy atom. The normalized spacial score (nSPS) is 21.5. The smallest absolute Gasteiger partial charge is 0.332 e. The topological polar surface area (TPSA) is 53.4 Å². The zero-order valence-corrected chi connectivity index (χ0v) is 21.6. The molecule has 0 aliphatic heterocycles. The Kier molecular flexibility index (Phi) is 7.60. The first-order chi connectivity index (χ1) is 15.3. The molecule has 32 heavy (non-hydrogen) atoms. The van der Waals surface area contributed by atoms with E-state index in [9.17, 15) is 4.79 Å². The average Bonchev–Trinajstić information content (AvgIpc) is 3.52. The highest BCUT2D eigenvalue weighted by molar-refractivity contribution is 14.1. The van der Waals surface area contributed by atoms with Gasteiger partial charge in [0.15, 0.2) is 0 Å². The van der Waals surface area contributed by atoms with Gasteiger partial charge in [0, 0.05) is 18.0 Å². The van der Waals surface area contributed by atoms with Crippen molar-refractivity contribution in [2.45, 2.75) is 77.4 Å². The summed E-state index contributed by atoms with van der Waals surface area (Å²) in [5.74, 6) is 1.61. The predicted octanol–water partition coefficient (Wildman–Crippen LogP) is 6.20. The Morgan fingerprint density at radius 3 is 2.34 bits per heavy atom. The third-order valence-corrected chi connectivity index (χ3v) is 7.40. The molecule has 2 aromatic rings. The van der Waals surface area contributed by atoms with E-state index in [0.29, 0.717) is 24.4 Å². The van der Waals surface area contributed by atoms with Gasteiger partial charge in [0.05, 0.1) is 15.9 Å². The van der Waals surface area contributed by atoms with Gasteiger partial charge in [-0.3, -0.25) is 4.68 Å². The molecule has 174 valence electrons. The Balaban J connectivity index is 1.29.